The van der Waals surface area contributed by atoms with Crippen molar-refractivity contribution in [2.75, 3.05) is 11.9 Å². The van der Waals surface area contributed by atoms with E-state index in [9.17, 15) is 0 Å². The van der Waals surface area contributed by atoms with Crippen molar-refractivity contribution in [3.8, 4) is 11.6 Å². The molecule has 0 atom stereocenters. The molecule has 0 spiro atoms. The van der Waals surface area contributed by atoms with E-state index in [0.29, 0.717) is 5.88 Å². The Hall–Kier alpha value is -2.10. The number of aromatic nitrogens is 2. The van der Waals surface area contributed by atoms with Gasteiger partial charge in [-0.1, -0.05) is 32.9 Å². The lowest BCUT2D eigenvalue weighted by atomic mass is 9.82. The molecule has 1 heterocycles. The molecule has 0 fully saturated rings. The van der Waals surface area contributed by atoms with Gasteiger partial charge in [0.1, 0.15) is 17.9 Å². The Bertz CT molecular complexity index is 579. The predicted molar refractivity (Wildman–Crippen MR) is 86.0 cm³/mol. The predicted octanol–water partition coefficient (Wildman–Crippen LogP) is 4.39. The minimum Gasteiger partial charge on any atom is -0.439 e. The van der Waals surface area contributed by atoms with Crippen LogP contribution in [0, 0.1) is 0 Å². The normalized spacial score (nSPS) is 11.2. The van der Waals surface area contributed by atoms with Crippen LogP contribution in [0.1, 0.15) is 39.7 Å². The monoisotopic (exact) mass is 285 g/mol. The fourth-order valence-electron chi connectivity index (χ4n) is 1.97. The number of benzene rings is 1. The van der Waals surface area contributed by atoms with Gasteiger partial charge in [0.2, 0.25) is 5.88 Å². The van der Waals surface area contributed by atoms with Gasteiger partial charge in [0, 0.05) is 12.6 Å². The Morgan fingerprint density at radius 2 is 1.81 bits per heavy atom. The molecular formula is C17H23N3O. The van der Waals surface area contributed by atoms with E-state index in [1.165, 1.54) is 11.9 Å². The van der Waals surface area contributed by atoms with E-state index in [0.717, 1.165) is 24.5 Å². The van der Waals surface area contributed by atoms with E-state index in [-0.39, 0.29) is 5.41 Å². The Morgan fingerprint density at radius 1 is 1.10 bits per heavy atom. The molecule has 4 nitrogen and oxygen atoms in total. The number of rotatable bonds is 6. The van der Waals surface area contributed by atoms with E-state index in [1.807, 2.05) is 19.1 Å². The molecule has 1 aromatic heterocycles. The van der Waals surface area contributed by atoms with Crippen molar-refractivity contribution in [3.63, 3.8) is 0 Å². The van der Waals surface area contributed by atoms with Gasteiger partial charge in [0.25, 0.3) is 0 Å². The molecule has 0 bridgehead atoms. The van der Waals surface area contributed by atoms with Crippen LogP contribution in [0.25, 0.3) is 0 Å². The quantitative estimate of drug-likeness (QED) is 0.855. The largest absolute Gasteiger partial charge is 0.439 e. The summed E-state index contributed by atoms with van der Waals surface area (Å²) in [6, 6.07) is 10.0. The maximum Gasteiger partial charge on any atom is 0.224 e. The number of nitrogens with one attached hydrogen (secondary N) is 1. The van der Waals surface area contributed by atoms with Gasteiger partial charge in [0.05, 0.1) is 0 Å². The number of hydrogen-bond acceptors (Lipinski definition) is 4. The molecule has 0 saturated heterocycles. The molecule has 0 aliphatic heterocycles. The lowest BCUT2D eigenvalue weighted by molar-refractivity contribution is 0.459. The number of ether oxygens (including phenoxy) is 1. The van der Waals surface area contributed by atoms with Gasteiger partial charge in [-0.25, -0.2) is 9.97 Å². The molecule has 2 aromatic rings. The minimum absolute atomic E-state index is 0.186. The molecular weight excluding hydrogens is 262 g/mol. The van der Waals surface area contributed by atoms with E-state index in [1.54, 1.807) is 6.07 Å². The SMILES string of the molecule is CCNc1cc(Oc2ccc(C(C)(C)CC)cc2)ncn1. The first-order valence-corrected chi connectivity index (χ1v) is 7.39. The molecule has 112 valence electrons. The van der Waals surface area contributed by atoms with Crippen LogP contribution >= 0.6 is 0 Å². The highest BCUT2D eigenvalue weighted by Gasteiger charge is 2.17. The van der Waals surface area contributed by atoms with E-state index in [4.69, 9.17) is 4.74 Å². The Kier molecular flexibility index (Phi) is 4.78. The summed E-state index contributed by atoms with van der Waals surface area (Å²) in [5, 5.41) is 3.14. The summed E-state index contributed by atoms with van der Waals surface area (Å²) in [5.41, 5.74) is 1.50. The van der Waals surface area contributed by atoms with E-state index >= 15 is 0 Å². The van der Waals surface area contributed by atoms with Crippen molar-refractivity contribution < 1.29 is 4.74 Å². The zero-order chi connectivity index (χ0) is 15.3. The van der Waals surface area contributed by atoms with E-state index in [2.05, 4.69) is 48.2 Å². The molecule has 0 unspecified atom stereocenters. The second kappa shape index (κ2) is 6.57. The smallest absolute Gasteiger partial charge is 0.224 e. The third kappa shape index (κ3) is 3.94. The van der Waals surface area contributed by atoms with Crippen LogP contribution < -0.4 is 10.1 Å². The molecule has 1 N–H and O–H groups in total. The fourth-order valence-corrected chi connectivity index (χ4v) is 1.97. The van der Waals surface area contributed by atoms with Crippen molar-refractivity contribution in [2.24, 2.45) is 0 Å². The van der Waals surface area contributed by atoms with Gasteiger partial charge < -0.3 is 10.1 Å². The number of hydrogen-bond donors (Lipinski definition) is 1. The molecule has 0 aliphatic rings. The van der Waals surface area contributed by atoms with Crippen LogP contribution in [-0.2, 0) is 5.41 Å². The van der Waals surface area contributed by atoms with Gasteiger partial charge in [0.15, 0.2) is 0 Å². The average Bonchev–Trinajstić information content (AvgIpc) is 2.48. The molecule has 1 aromatic carbocycles. The van der Waals surface area contributed by atoms with Crippen LogP contribution in [-0.4, -0.2) is 16.5 Å². The second-order valence-electron chi connectivity index (χ2n) is 5.64. The van der Waals surface area contributed by atoms with E-state index < -0.39 is 0 Å². The average molecular weight is 285 g/mol. The van der Waals surface area contributed by atoms with Crippen molar-refractivity contribution in [1.82, 2.24) is 9.97 Å². The molecule has 21 heavy (non-hydrogen) atoms. The second-order valence-corrected chi connectivity index (χ2v) is 5.64. The van der Waals surface area contributed by atoms with Crippen molar-refractivity contribution in [1.29, 1.82) is 0 Å². The minimum atomic E-state index is 0.186. The van der Waals surface area contributed by atoms with Crippen molar-refractivity contribution >= 4 is 5.82 Å². The topological polar surface area (TPSA) is 47.0 Å². The van der Waals surface area contributed by atoms with Crippen molar-refractivity contribution in [2.45, 2.75) is 39.5 Å². The first-order chi connectivity index (χ1) is 10.0. The first kappa shape index (κ1) is 15.3. The van der Waals surface area contributed by atoms with Gasteiger partial charge in [-0.05, 0) is 36.5 Å². The lowest BCUT2D eigenvalue weighted by Crippen LogP contribution is -2.14. The Labute approximate surface area is 126 Å². The highest BCUT2D eigenvalue weighted by atomic mass is 16.5. The molecule has 0 saturated carbocycles. The zero-order valence-electron chi connectivity index (χ0n) is 13.2. The summed E-state index contributed by atoms with van der Waals surface area (Å²) in [6.45, 7) is 9.54. The van der Waals surface area contributed by atoms with Crippen LogP contribution in [0.2, 0.25) is 0 Å². The Morgan fingerprint density at radius 3 is 2.43 bits per heavy atom. The van der Waals surface area contributed by atoms with Crippen LogP contribution in [0.3, 0.4) is 0 Å². The molecule has 0 amide bonds. The standard InChI is InChI=1S/C17H23N3O/c1-5-17(3,4)13-7-9-14(10-8-13)21-16-11-15(18-6-2)19-12-20-16/h7-12H,5-6H2,1-4H3,(H,18,19,20). The highest BCUT2D eigenvalue weighted by molar-refractivity contribution is 5.39. The summed E-state index contributed by atoms with van der Waals surface area (Å²) < 4.78 is 5.78. The number of nitrogens with zero attached hydrogens (tertiary/aromatic N) is 2. The van der Waals surface area contributed by atoms with Crippen molar-refractivity contribution in [3.05, 3.63) is 42.2 Å². The van der Waals surface area contributed by atoms with Crippen LogP contribution in [0.15, 0.2) is 36.7 Å². The summed E-state index contributed by atoms with van der Waals surface area (Å²) in [4.78, 5) is 8.26. The maximum atomic E-state index is 5.78. The summed E-state index contributed by atoms with van der Waals surface area (Å²) in [6.07, 6.45) is 2.60. The molecule has 2 rings (SSSR count). The maximum absolute atomic E-state index is 5.78. The van der Waals surface area contributed by atoms with Gasteiger partial charge >= 0.3 is 0 Å². The zero-order valence-corrected chi connectivity index (χ0v) is 13.2. The first-order valence-electron chi connectivity index (χ1n) is 7.39. The third-order valence-electron chi connectivity index (χ3n) is 3.74. The number of anilines is 1. The summed E-state index contributed by atoms with van der Waals surface area (Å²) in [5.74, 6) is 2.10. The lowest BCUT2D eigenvalue weighted by Gasteiger charge is -2.23. The van der Waals surface area contributed by atoms with Crippen LogP contribution in [0.5, 0.6) is 11.6 Å². The Balaban J connectivity index is 2.11. The fraction of sp³-hybridized carbons (Fsp3) is 0.412. The molecule has 4 heteroatoms. The van der Waals surface area contributed by atoms with Crippen LogP contribution in [0.4, 0.5) is 5.82 Å². The summed E-state index contributed by atoms with van der Waals surface area (Å²) in [7, 11) is 0. The molecule has 0 aliphatic carbocycles. The van der Waals surface area contributed by atoms with Gasteiger partial charge in [-0.2, -0.15) is 0 Å². The van der Waals surface area contributed by atoms with Gasteiger partial charge in [-0.15, -0.1) is 0 Å². The molecule has 0 radical (unpaired) electrons. The summed E-state index contributed by atoms with van der Waals surface area (Å²) >= 11 is 0. The third-order valence-corrected chi connectivity index (χ3v) is 3.74. The highest BCUT2D eigenvalue weighted by Crippen LogP contribution is 2.29. The van der Waals surface area contributed by atoms with Gasteiger partial charge in [-0.3, -0.25) is 0 Å².